The van der Waals surface area contributed by atoms with Gasteiger partial charge in [-0.05, 0) is 68.5 Å². The van der Waals surface area contributed by atoms with Crippen molar-refractivity contribution in [2.45, 2.75) is 63.9 Å². The number of aromatic hydroxyl groups is 2. The highest BCUT2D eigenvalue weighted by Gasteiger charge is 2.09. The Morgan fingerprint density at radius 3 is 2.00 bits per heavy atom. The lowest BCUT2D eigenvalue weighted by atomic mass is 10.1. The fourth-order valence-electron chi connectivity index (χ4n) is 3.63. The maximum Gasteiger partial charge on any atom is 0.328 e. The fraction of sp³-hybridized carbons (Fsp3) is 0.483. The molecule has 0 bridgehead atoms. The predicted molar refractivity (Wildman–Crippen MR) is 148 cm³/mol. The van der Waals surface area contributed by atoms with Crippen LogP contribution in [0.4, 0.5) is 0 Å². The van der Waals surface area contributed by atoms with Gasteiger partial charge in [-0.15, -0.1) is 0 Å². The lowest BCUT2D eigenvalue weighted by Gasteiger charge is -2.13. The summed E-state index contributed by atoms with van der Waals surface area (Å²) in [4.78, 5) is 23.5. The van der Waals surface area contributed by atoms with Crippen molar-refractivity contribution in [1.82, 2.24) is 10.3 Å². The van der Waals surface area contributed by atoms with Gasteiger partial charge in [0.05, 0.1) is 6.10 Å². The molecule has 6 N–H and O–H groups in total. The van der Waals surface area contributed by atoms with Crippen molar-refractivity contribution in [2.24, 2.45) is 0 Å². The monoisotopic (exact) mass is 546 g/mol. The molecule has 10 heteroatoms. The molecule has 39 heavy (non-hydrogen) atoms. The molecule has 2 aromatic rings. The molecule has 1 aromatic carbocycles. The largest absolute Gasteiger partial charge is 0.508 e. The summed E-state index contributed by atoms with van der Waals surface area (Å²) in [5.74, 6) is -2.60. The van der Waals surface area contributed by atoms with E-state index in [-0.39, 0.29) is 11.5 Å². The number of hydrogen-bond acceptors (Lipinski definition) is 8. The number of phenols is 2. The standard InChI is InChI=1S/C25H38N2O4.C4H4O4/c28-23-17-21(18-24(29)19-23)25(30)20-26-13-7-2-4-10-16-31-15-9-3-1-5-11-22-12-6-8-14-27-22;5-3(6)1-2-4(7)8/h6,8,12,14,17-19,25-26,28-30H,1-5,7,9-11,13,15-16,20H2;1-2H,(H,5,6)(H,7,8). The van der Waals surface area contributed by atoms with E-state index in [1.807, 2.05) is 18.3 Å². The Labute approximate surface area is 230 Å². The Bertz CT molecular complexity index is 933. The van der Waals surface area contributed by atoms with Crippen LogP contribution in [0.15, 0.2) is 54.7 Å². The van der Waals surface area contributed by atoms with Crippen molar-refractivity contribution in [3.05, 3.63) is 66.0 Å². The van der Waals surface area contributed by atoms with E-state index in [1.54, 1.807) is 0 Å². The molecule has 0 saturated heterocycles. The molecule has 1 heterocycles. The SMILES string of the molecule is O=C(O)C=CC(=O)O.Oc1cc(O)cc(C(O)CNCCCCCCOCCCCCCc2ccccn2)c1. The highest BCUT2D eigenvalue weighted by atomic mass is 16.5. The van der Waals surface area contributed by atoms with Crippen LogP contribution in [-0.4, -0.2) is 68.8 Å². The van der Waals surface area contributed by atoms with E-state index in [0.717, 1.165) is 58.3 Å². The minimum atomic E-state index is -1.26. The first-order valence-corrected chi connectivity index (χ1v) is 13.3. The summed E-state index contributed by atoms with van der Waals surface area (Å²) in [7, 11) is 0. The maximum absolute atomic E-state index is 10.1. The van der Waals surface area contributed by atoms with Gasteiger partial charge in [0.15, 0.2) is 0 Å². The smallest absolute Gasteiger partial charge is 0.328 e. The third-order valence-electron chi connectivity index (χ3n) is 5.61. The zero-order valence-corrected chi connectivity index (χ0v) is 22.4. The number of hydrogen-bond donors (Lipinski definition) is 6. The van der Waals surface area contributed by atoms with Crippen molar-refractivity contribution >= 4 is 11.9 Å². The van der Waals surface area contributed by atoms with Crippen molar-refractivity contribution in [1.29, 1.82) is 0 Å². The van der Waals surface area contributed by atoms with Crippen LogP contribution in [0.5, 0.6) is 11.5 Å². The number of aryl methyl sites for hydroxylation is 1. The number of rotatable bonds is 19. The molecule has 0 aliphatic rings. The van der Waals surface area contributed by atoms with Gasteiger partial charge < -0.3 is 35.6 Å². The molecule has 0 fully saturated rings. The third-order valence-corrected chi connectivity index (χ3v) is 5.61. The molecule has 1 atom stereocenters. The van der Waals surface area contributed by atoms with Gasteiger partial charge in [-0.3, -0.25) is 4.98 Å². The van der Waals surface area contributed by atoms with Gasteiger partial charge in [0, 0.05) is 49.9 Å². The van der Waals surface area contributed by atoms with Crippen molar-refractivity contribution in [3.63, 3.8) is 0 Å². The molecule has 10 nitrogen and oxygen atoms in total. The van der Waals surface area contributed by atoms with Crippen LogP contribution in [-0.2, 0) is 20.7 Å². The number of benzene rings is 1. The van der Waals surface area contributed by atoms with Crippen molar-refractivity contribution < 1.29 is 39.9 Å². The Kier molecular flexibility index (Phi) is 18.5. The van der Waals surface area contributed by atoms with E-state index < -0.39 is 18.0 Å². The van der Waals surface area contributed by atoms with Gasteiger partial charge in [-0.2, -0.15) is 0 Å². The predicted octanol–water partition coefficient (Wildman–Crippen LogP) is 4.21. The first-order valence-electron chi connectivity index (χ1n) is 13.3. The van der Waals surface area contributed by atoms with Gasteiger partial charge in [0.1, 0.15) is 11.5 Å². The van der Waals surface area contributed by atoms with Crippen molar-refractivity contribution in [3.8, 4) is 11.5 Å². The number of carbonyl (C=O) groups is 2. The van der Waals surface area contributed by atoms with Crippen LogP contribution < -0.4 is 5.32 Å². The quantitative estimate of drug-likeness (QED) is 0.111. The number of unbranched alkanes of at least 4 members (excludes halogenated alkanes) is 6. The molecule has 216 valence electrons. The molecular formula is C29H42N2O8. The number of aliphatic hydroxyl groups excluding tert-OH is 1. The Morgan fingerprint density at radius 1 is 0.846 bits per heavy atom. The number of nitrogens with zero attached hydrogens (tertiary/aromatic N) is 1. The number of aromatic nitrogens is 1. The van der Waals surface area contributed by atoms with Crippen molar-refractivity contribution in [2.75, 3.05) is 26.3 Å². The summed E-state index contributed by atoms with van der Waals surface area (Å²) < 4.78 is 5.72. The first-order chi connectivity index (χ1) is 18.8. The van der Waals surface area contributed by atoms with E-state index in [0.29, 0.717) is 24.3 Å². The summed E-state index contributed by atoms with van der Waals surface area (Å²) in [6, 6.07) is 10.3. The van der Waals surface area contributed by atoms with Crippen LogP contribution in [0.3, 0.4) is 0 Å². The Balaban J connectivity index is 0.000000824. The molecule has 0 spiro atoms. The lowest BCUT2D eigenvalue weighted by Crippen LogP contribution is -2.22. The highest BCUT2D eigenvalue weighted by Crippen LogP contribution is 2.24. The second kappa shape index (κ2) is 21.5. The minimum absolute atomic E-state index is 0.0446. The van der Waals surface area contributed by atoms with Gasteiger partial charge >= 0.3 is 11.9 Å². The number of phenolic OH excluding ortho intramolecular Hbond substituents is 2. The van der Waals surface area contributed by atoms with Gasteiger partial charge in [-0.25, -0.2) is 9.59 Å². The number of carboxylic acids is 2. The number of carboxylic acid groups (broad SMARTS) is 2. The van der Waals surface area contributed by atoms with E-state index >= 15 is 0 Å². The van der Waals surface area contributed by atoms with Crippen LogP contribution in [0.25, 0.3) is 0 Å². The number of aliphatic carboxylic acids is 2. The molecule has 0 saturated carbocycles. The van der Waals surface area contributed by atoms with E-state index in [2.05, 4.69) is 16.4 Å². The van der Waals surface area contributed by atoms with Crippen LogP contribution >= 0.6 is 0 Å². The average molecular weight is 547 g/mol. The lowest BCUT2D eigenvalue weighted by molar-refractivity contribution is -0.134. The van der Waals surface area contributed by atoms with E-state index in [1.165, 1.54) is 43.2 Å². The number of aliphatic hydroxyl groups is 1. The highest BCUT2D eigenvalue weighted by molar-refractivity contribution is 5.89. The Hall–Kier alpha value is -3.47. The second-order valence-electron chi connectivity index (χ2n) is 9.02. The molecule has 0 radical (unpaired) electrons. The molecule has 0 amide bonds. The summed E-state index contributed by atoms with van der Waals surface area (Å²) in [6.07, 6.45) is 12.5. The third kappa shape index (κ3) is 19.3. The number of ether oxygens (including phenoxy) is 1. The summed E-state index contributed by atoms with van der Waals surface area (Å²) in [5.41, 5.74) is 1.69. The van der Waals surface area contributed by atoms with Crippen LogP contribution in [0, 0.1) is 0 Å². The normalized spacial score (nSPS) is 11.6. The fourth-order valence-corrected chi connectivity index (χ4v) is 3.63. The first kappa shape index (κ1) is 33.6. The zero-order chi connectivity index (χ0) is 28.7. The van der Waals surface area contributed by atoms with Gasteiger partial charge in [0.25, 0.3) is 0 Å². The number of pyridine rings is 1. The van der Waals surface area contributed by atoms with Gasteiger partial charge in [-0.1, -0.05) is 31.7 Å². The molecule has 1 unspecified atom stereocenters. The number of nitrogens with one attached hydrogen (secondary N) is 1. The molecule has 1 aromatic heterocycles. The van der Waals surface area contributed by atoms with Gasteiger partial charge in [0.2, 0.25) is 0 Å². The van der Waals surface area contributed by atoms with E-state index in [4.69, 9.17) is 14.9 Å². The topological polar surface area (TPSA) is 169 Å². The molecule has 0 aliphatic carbocycles. The van der Waals surface area contributed by atoms with Crippen LogP contribution in [0.1, 0.15) is 68.7 Å². The summed E-state index contributed by atoms with van der Waals surface area (Å²) in [5, 5.41) is 47.9. The minimum Gasteiger partial charge on any atom is -0.508 e. The molecule has 2 rings (SSSR count). The second-order valence-corrected chi connectivity index (χ2v) is 9.02. The Morgan fingerprint density at radius 2 is 1.44 bits per heavy atom. The maximum atomic E-state index is 10.1. The molecule has 0 aliphatic heterocycles. The van der Waals surface area contributed by atoms with Crippen LogP contribution in [0.2, 0.25) is 0 Å². The van der Waals surface area contributed by atoms with E-state index in [9.17, 15) is 24.9 Å². The zero-order valence-electron chi connectivity index (χ0n) is 22.4. The molecular weight excluding hydrogens is 504 g/mol. The summed E-state index contributed by atoms with van der Waals surface area (Å²) >= 11 is 0. The average Bonchev–Trinajstić information content (AvgIpc) is 2.90. The summed E-state index contributed by atoms with van der Waals surface area (Å²) in [6.45, 7) is 2.92.